The number of phosphoric acid groups is 1. The molecule has 17 heteroatoms. The van der Waals surface area contributed by atoms with Crippen LogP contribution in [0.25, 0.3) is 11.2 Å². The summed E-state index contributed by atoms with van der Waals surface area (Å²) in [5, 5.41) is 33.3. The smallest absolute Gasteiger partial charge is 0.475 e. The van der Waals surface area contributed by atoms with Crippen molar-refractivity contribution < 1.29 is 47.7 Å². The second kappa shape index (κ2) is 11.2. The van der Waals surface area contributed by atoms with Crippen LogP contribution in [0, 0.1) is 5.41 Å². The number of nitrogens with two attached hydrogens (primary N) is 1. The molecule has 39 heavy (non-hydrogen) atoms. The zero-order valence-corrected chi connectivity index (χ0v) is 23.0. The zero-order valence-electron chi connectivity index (χ0n) is 22.1. The van der Waals surface area contributed by atoms with Gasteiger partial charge < -0.3 is 35.8 Å². The second-order valence-corrected chi connectivity index (χ2v) is 11.8. The summed E-state index contributed by atoms with van der Waals surface area (Å²) in [5.41, 5.74) is 3.72. The van der Waals surface area contributed by atoms with E-state index in [0.717, 1.165) is 0 Å². The lowest BCUT2D eigenvalue weighted by molar-refractivity contribution is -0.137. The van der Waals surface area contributed by atoms with Crippen molar-refractivity contribution in [2.24, 2.45) is 5.41 Å². The van der Waals surface area contributed by atoms with E-state index in [4.69, 9.17) is 28.8 Å². The molecule has 2 saturated heterocycles. The second-order valence-electron chi connectivity index (χ2n) is 10.2. The van der Waals surface area contributed by atoms with Gasteiger partial charge in [0.25, 0.3) is 0 Å². The maximum Gasteiger partial charge on any atom is 0.475 e. The molecule has 1 amide bonds. The van der Waals surface area contributed by atoms with Gasteiger partial charge in [-0.15, -0.1) is 0 Å². The van der Waals surface area contributed by atoms with Crippen molar-refractivity contribution in [2.45, 2.75) is 64.3 Å². The fraction of sp³-hybridized carbons (Fsp3) is 0.727. The fourth-order valence-corrected chi connectivity index (χ4v) is 5.76. The van der Waals surface area contributed by atoms with E-state index in [9.17, 15) is 24.7 Å². The number of anilines is 1. The van der Waals surface area contributed by atoms with Crippen molar-refractivity contribution in [3.8, 4) is 5.88 Å². The van der Waals surface area contributed by atoms with E-state index in [2.05, 4.69) is 20.3 Å². The molecule has 2 aliphatic rings. The van der Waals surface area contributed by atoms with Crippen molar-refractivity contribution in [3.63, 3.8) is 0 Å². The number of nitrogen functional groups attached to an aromatic ring is 1. The maximum atomic E-state index is 13.1. The van der Waals surface area contributed by atoms with Crippen molar-refractivity contribution in [3.05, 3.63) is 6.33 Å². The molecule has 6 N–H and O–H groups in total. The highest BCUT2D eigenvalue weighted by Gasteiger charge is 2.60. The van der Waals surface area contributed by atoms with Gasteiger partial charge in [0.1, 0.15) is 23.9 Å². The number of imidazole rings is 1. The highest BCUT2D eigenvalue weighted by Crippen LogP contribution is 2.58. The molecule has 16 nitrogen and oxygen atoms in total. The van der Waals surface area contributed by atoms with Gasteiger partial charge in [-0.05, 0) is 20.3 Å². The van der Waals surface area contributed by atoms with Crippen LogP contribution in [-0.2, 0) is 27.7 Å². The predicted octanol–water partition coefficient (Wildman–Crippen LogP) is -0.119. The summed E-state index contributed by atoms with van der Waals surface area (Å²) in [7, 11) is -4.08. The summed E-state index contributed by atoms with van der Waals surface area (Å²) in [6, 6.07) is 0. The average molecular weight is 575 g/mol. The van der Waals surface area contributed by atoms with Crippen LogP contribution in [0.1, 0.15) is 40.3 Å². The Bertz CT molecular complexity index is 1240. The normalized spacial score (nSPS) is 29.8. The number of phosphoric ester groups is 1. The maximum absolute atomic E-state index is 13.1. The summed E-state index contributed by atoms with van der Waals surface area (Å²) >= 11 is 0. The number of carbonyl (C=O) groups is 1. The molecule has 0 radical (unpaired) electrons. The number of fused-ring (bicyclic) bond motifs is 2. The van der Waals surface area contributed by atoms with Gasteiger partial charge in [0.15, 0.2) is 17.4 Å². The Kier molecular flexibility index (Phi) is 8.50. The van der Waals surface area contributed by atoms with Crippen LogP contribution < -0.4 is 15.8 Å². The number of amides is 1. The first-order chi connectivity index (χ1) is 18.3. The van der Waals surface area contributed by atoms with E-state index < -0.39 is 49.3 Å². The molecule has 2 aromatic heterocycles. The quantitative estimate of drug-likeness (QED) is 0.174. The lowest BCUT2D eigenvalue weighted by atomic mass is 9.87. The average Bonchev–Trinajstić information content (AvgIpc) is 3.40. The predicted molar refractivity (Wildman–Crippen MR) is 134 cm³/mol. The van der Waals surface area contributed by atoms with E-state index in [1.807, 2.05) is 0 Å². The molecular weight excluding hydrogens is 539 g/mol. The molecule has 4 rings (SSSR count). The molecule has 6 atom stereocenters. The van der Waals surface area contributed by atoms with Crippen molar-refractivity contribution in [1.29, 1.82) is 0 Å². The third kappa shape index (κ3) is 5.88. The first-order valence-electron chi connectivity index (χ1n) is 12.5. The number of hydrogen-bond donors (Lipinski definition) is 5. The standard InChI is InChI=1S/C22H35N6O10P/c1-5-34-18-13-16(26-20(23)27-18)28(11-25-13)19-22(4,32)15-12(37-19)9-36-39(33,38-15)35-8-6-7-24-17(31)14(30)21(2,3)10-29/h11-12,14-15,19,29-30,32H,5-10H2,1-4H3,(H,24,31)(H2,23,26,27). The Morgan fingerprint density at radius 1 is 1.44 bits per heavy atom. The Balaban J connectivity index is 1.38. The number of aliphatic hydroxyl groups is 3. The van der Waals surface area contributed by atoms with Crippen molar-refractivity contribution in [2.75, 3.05) is 38.7 Å². The van der Waals surface area contributed by atoms with Crippen LogP contribution in [0.2, 0.25) is 0 Å². The van der Waals surface area contributed by atoms with E-state index >= 15 is 0 Å². The van der Waals surface area contributed by atoms with Crippen LogP contribution in [0.3, 0.4) is 0 Å². The number of hydrogen-bond acceptors (Lipinski definition) is 14. The summed E-state index contributed by atoms with van der Waals surface area (Å²) in [4.78, 5) is 24.6. The molecule has 2 aliphatic heterocycles. The number of aliphatic hydroxyl groups excluding tert-OH is 2. The lowest BCUT2D eigenvalue weighted by Gasteiger charge is -2.35. The zero-order chi connectivity index (χ0) is 28.6. The molecular formula is C22H35N6O10P. The highest BCUT2D eigenvalue weighted by molar-refractivity contribution is 7.48. The number of carbonyl (C=O) groups excluding carboxylic acids is 1. The molecule has 0 bridgehead atoms. The Hall–Kier alpha value is -2.43. The molecule has 2 fully saturated rings. The minimum absolute atomic E-state index is 0.0527. The Morgan fingerprint density at radius 2 is 2.18 bits per heavy atom. The highest BCUT2D eigenvalue weighted by atomic mass is 31.2. The summed E-state index contributed by atoms with van der Waals surface area (Å²) < 4.78 is 42.5. The number of aromatic nitrogens is 4. The van der Waals surface area contributed by atoms with Gasteiger partial charge in [-0.25, -0.2) is 9.55 Å². The number of rotatable bonds is 11. The van der Waals surface area contributed by atoms with Crippen LogP contribution in [0.4, 0.5) is 5.95 Å². The number of nitrogens with zero attached hydrogens (tertiary/aromatic N) is 4. The summed E-state index contributed by atoms with van der Waals surface area (Å²) in [6.45, 7) is 6.14. The van der Waals surface area contributed by atoms with Gasteiger partial charge in [0.05, 0.1) is 32.8 Å². The molecule has 0 aromatic carbocycles. The summed E-state index contributed by atoms with van der Waals surface area (Å²) in [6.07, 6.45) is -2.69. The lowest BCUT2D eigenvalue weighted by Crippen LogP contribution is -2.47. The number of nitrogens with one attached hydrogen (secondary N) is 1. The molecule has 2 aromatic rings. The largest absolute Gasteiger partial charge is 0.476 e. The molecule has 0 spiro atoms. The van der Waals surface area contributed by atoms with Gasteiger partial charge in [-0.1, -0.05) is 13.8 Å². The van der Waals surface area contributed by atoms with E-state index in [0.29, 0.717) is 12.1 Å². The van der Waals surface area contributed by atoms with E-state index in [1.54, 1.807) is 20.8 Å². The topological polar surface area (TPSA) is 223 Å². The minimum atomic E-state index is -4.08. The molecule has 4 heterocycles. The first kappa shape index (κ1) is 29.6. The van der Waals surface area contributed by atoms with Gasteiger partial charge in [0.2, 0.25) is 17.7 Å². The van der Waals surface area contributed by atoms with Crippen LogP contribution in [0.15, 0.2) is 6.33 Å². The Morgan fingerprint density at radius 3 is 2.87 bits per heavy atom. The van der Waals surface area contributed by atoms with Gasteiger partial charge in [-0.2, -0.15) is 9.97 Å². The molecule has 218 valence electrons. The van der Waals surface area contributed by atoms with Gasteiger partial charge >= 0.3 is 7.82 Å². The first-order valence-corrected chi connectivity index (χ1v) is 13.9. The van der Waals surface area contributed by atoms with Gasteiger partial charge in [0, 0.05) is 12.0 Å². The minimum Gasteiger partial charge on any atom is -0.476 e. The van der Waals surface area contributed by atoms with Gasteiger partial charge in [-0.3, -0.25) is 22.9 Å². The van der Waals surface area contributed by atoms with Crippen molar-refractivity contribution in [1.82, 2.24) is 24.8 Å². The van der Waals surface area contributed by atoms with Crippen LogP contribution in [-0.4, -0.2) is 97.6 Å². The van der Waals surface area contributed by atoms with Crippen molar-refractivity contribution >= 4 is 30.8 Å². The van der Waals surface area contributed by atoms with Crippen LogP contribution in [0.5, 0.6) is 5.88 Å². The SMILES string of the molecule is CCOc1nc(N)nc2c1ncn2C1OC2COP(=O)(OCCCNC(=O)C(O)C(C)(C)CO)OC2C1(C)O. The fourth-order valence-electron chi connectivity index (χ4n) is 4.26. The van der Waals surface area contributed by atoms with E-state index in [1.165, 1.54) is 17.8 Å². The molecule has 6 unspecified atom stereocenters. The third-order valence-electron chi connectivity index (χ3n) is 6.56. The molecule has 0 saturated carbocycles. The monoisotopic (exact) mass is 574 g/mol. The summed E-state index contributed by atoms with van der Waals surface area (Å²) in [5.74, 6) is -0.511. The molecule has 0 aliphatic carbocycles. The Labute approximate surface area is 224 Å². The van der Waals surface area contributed by atoms with E-state index in [-0.39, 0.29) is 50.3 Å². The number of ether oxygens (including phenoxy) is 2. The third-order valence-corrected chi connectivity index (χ3v) is 8.01. The van der Waals surface area contributed by atoms with Crippen LogP contribution >= 0.6 is 7.82 Å².